The van der Waals surface area contributed by atoms with E-state index in [9.17, 15) is 0 Å². The Morgan fingerprint density at radius 2 is 2.04 bits per heavy atom. The zero-order valence-corrected chi connectivity index (χ0v) is 15.4. The molecule has 3 rings (SSSR count). The van der Waals surface area contributed by atoms with Crippen molar-refractivity contribution in [1.29, 1.82) is 0 Å². The van der Waals surface area contributed by atoms with Gasteiger partial charge in [0.05, 0.1) is 19.3 Å². The third-order valence-corrected chi connectivity index (χ3v) is 4.65. The average Bonchev–Trinajstić information content (AvgIpc) is 3.16. The second kappa shape index (κ2) is 8.96. The number of thiazole rings is 1. The van der Waals surface area contributed by atoms with E-state index in [2.05, 4.69) is 20.3 Å². The molecule has 134 valence electrons. The fourth-order valence-corrected chi connectivity index (χ4v) is 3.15. The number of benzene rings is 1. The third-order valence-electron chi connectivity index (χ3n) is 3.71. The van der Waals surface area contributed by atoms with E-state index in [-0.39, 0.29) is 0 Å². The van der Waals surface area contributed by atoms with Crippen molar-refractivity contribution in [3.05, 3.63) is 65.4 Å². The average molecular weight is 367 g/mol. The number of nitrogens with zero attached hydrogens (tertiary/aromatic N) is 3. The summed E-state index contributed by atoms with van der Waals surface area (Å²) in [6, 6.07) is 13.7. The molecule has 6 nitrogen and oxygen atoms in total. The van der Waals surface area contributed by atoms with Gasteiger partial charge in [0, 0.05) is 35.8 Å². The number of nitrogens with two attached hydrogens (primary N) is 1. The zero-order valence-electron chi connectivity index (χ0n) is 14.6. The van der Waals surface area contributed by atoms with Crippen LogP contribution in [0.5, 0.6) is 5.75 Å². The van der Waals surface area contributed by atoms with Crippen LogP contribution in [0.15, 0.2) is 59.0 Å². The molecule has 0 radical (unpaired) electrons. The van der Waals surface area contributed by atoms with E-state index >= 15 is 0 Å². The molecule has 0 bridgehead atoms. The molecule has 3 N–H and O–H groups in total. The lowest BCUT2D eigenvalue weighted by molar-refractivity contribution is 0.415. The Morgan fingerprint density at radius 3 is 2.77 bits per heavy atom. The minimum Gasteiger partial charge on any atom is -0.497 e. The molecule has 0 saturated carbocycles. The van der Waals surface area contributed by atoms with Gasteiger partial charge in [0.25, 0.3) is 0 Å². The van der Waals surface area contributed by atoms with Crippen LogP contribution in [-0.4, -0.2) is 29.6 Å². The minimum absolute atomic E-state index is 0.417. The highest BCUT2D eigenvalue weighted by atomic mass is 32.1. The summed E-state index contributed by atoms with van der Waals surface area (Å²) < 4.78 is 5.18. The Kier molecular flexibility index (Phi) is 6.16. The van der Waals surface area contributed by atoms with E-state index in [0.717, 1.165) is 34.1 Å². The van der Waals surface area contributed by atoms with Gasteiger partial charge in [-0.3, -0.25) is 4.98 Å². The SMILES string of the molecule is COc1ccc(-c2nc(CN=C(N)NCCc3ccccn3)cs2)cc1. The maximum absolute atomic E-state index is 5.92. The highest BCUT2D eigenvalue weighted by Crippen LogP contribution is 2.25. The van der Waals surface area contributed by atoms with Gasteiger partial charge < -0.3 is 15.8 Å². The number of aliphatic imine (C=N–C) groups is 1. The summed E-state index contributed by atoms with van der Waals surface area (Å²) >= 11 is 1.59. The van der Waals surface area contributed by atoms with Gasteiger partial charge in [0.1, 0.15) is 10.8 Å². The molecule has 0 aliphatic carbocycles. The first kappa shape index (κ1) is 17.9. The van der Waals surface area contributed by atoms with Crippen LogP contribution in [0.4, 0.5) is 0 Å². The van der Waals surface area contributed by atoms with Gasteiger partial charge in [-0.25, -0.2) is 9.98 Å². The maximum Gasteiger partial charge on any atom is 0.188 e. The summed E-state index contributed by atoms with van der Waals surface area (Å²) in [4.78, 5) is 13.2. The number of nitrogens with one attached hydrogen (secondary N) is 1. The topological polar surface area (TPSA) is 85.4 Å². The Bertz CT molecular complexity index is 846. The number of hydrogen-bond donors (Lipinski definition) is 2. The van der Waals surface area contributed by atoms with Crippen molar-refractivity contribution < 1.29 is 4.74 Å². The van der Waals surface area contributed by atoms with Crippen LogP contribution in [0.1, 0.15) is 11.4 Å². The first-order valence-corrected chi connectivity index (χ1v) is 9.15. The van der Waals surface area contributed by atoms with Crippen LogP contribution in [0.3, 0.4) is 0 Å². The molecule has 7 heteroatoms. The molecule has 26 heavy (non-hydrogen) atoms. The minimum atomic E-state index is 0.417. The quantitative estimate of drug-likeness (QED) is 0.495. The van der Waals surface area contributed by atoms with E-state index in [1.54, 1.807) is 24.6 Å². The van der Waals surface area contributed by atoms with Gasteiger partial charge in [-0.05, 0) is 36.4 Å². The van der Waals surface area contributed by atoms with Crippen molar-refractivity contribution in [1.82, 2.24) is 15.3 Å². The van der Waals surface area contributed by atoms with Crippen molar-refractivity contribution in [3.8, 4) is 16.3 Å². The molecular weight excluding hydrogens is 346 g/mol. The van der Waals surface area contributed by atoms with E-state index in [4.69, 9.17) is 10.5 Å². The van der Waals surface area contributed by atoms with Crippen LogP contribution < -0.4 is 15.8 Å². The molecule has 0 spiro atoms. The lowest BCUT2D eigenvalue weighted by atomic mass is 10.2. The summed E-state index contributed by atoms with van der Waals surface area (Å²) in [5, 5.41) is 6.06. The molecule has 1 aromatic carbocycles. The number of ether oxygens (including phenoxy) is 1. The van der Waals surface area contributed by atoms with E-state index < -0.39 is 0 Å². The second-order valence-electron chi connectivity index (χ2n) is 5.57. The Labute approximate surface area is 156 Å². The van der Waals surface area contributed by atoms with Gasteiger partial charge in [-0.2, -0.15) is 0 Å². The summed E-state index contributed by atoms with van der Waals surface area (Å²) in [5.74, 6) is 1.25. The maximum atomic E-state index is 5.92. The molecule has 0 saturated heterocycles. The summed E-state index contributed by atoms with van der Waals surface area (Å²) in [6.07, 6.45) is 2.59. The van der Waals surface area contributed by atoms with Gasteiger partial charge in [0.15, 0.2) is 5.96 Å². The summed E-state index contributed by atoms with van der Waals surface area (Å²) in [7, 11) is 1.66. The fraction of sp³-hybridized carbons (Fsp3) is 0.211. The lowest BCUT2D eigenvalue weighted by Gasteiger charge is -2.04. The number of aromatic nitrogens is 2. The molecule has 0 amide bonds. The molecule has 0 unspecified atom stereocenters. The van der Waals surface area contributed by atoms with Gasteiger partial charge >= 0.3 is 0 Å². The van der Waals surface area contributed by atoms with Gasteiger partial charge in [-0.1, -0.05) is 6.07 Å². The Balaban J connectivity index is 1.50. The number of methoxy groups -OCH3 is 1. The standard InChI is InChI=1S/C19H21N5OS/c1-25-17-7-5-14(6-8-17)18-24-16(13-26-18)12-23-19(20)22-11-9-15-4-2-3-10-21-15/h2-8,10,13H,9,11-12H2,1H3,(H3,20,22,23). The molecule has 3 aromatic rings. The molecule has 2 heterocycles. The lowest BCUT2D eigenvalue weighted by Crippen LogP contribution is -2.33. The predicted octanol–water partition coefficient (Wildman–Crippen LogP) is 2.86. The van der Waals surface area contributed by atoms with E-state index in [1.165, 1.54) is 0 Å². The summed E-state index contributed by atoms with van der Waals surface area (Å²) in [5.41, 5.74) is 8.90. The zero-order chi connectivity index (χ0) is 18.2. The number of rotatable bonds is 7. The highest BCUT2D eigenvalue weighted by molar-refractivity contribution is 7.13. The second-order valence-corrected chi connectivity index (χ2v) is 6.43. The van der Waals surface area contributed by atoms with Crippen LogP contribution in [0.25, 0.3) is 10.6 Å². The van der Waals surface area contributed by atoms with E-state index in [0.29, 0.717) is 19.0 Å². The van der Waals surface area contributed by atoms with Crippen molar-refractivity contribution >= 4 is 17.3 Å². The van der Waals surface area contributed by atoms with Crippen LogP contribution in [0, 0.1) is 0 Å². The van der Waals surface area contributed by atoms with Crippen molar-refractivity contribution in [2.45, 2.75) is 13.0 Å². The molecule has 0 fully saturated rings. The number of hydrogen-bond acceptors (Lipinski definition) is 5. The smallest absolute Gasteiger partial charge is 0.188 e. The molecule has 0 atom stereocenters. The van der Waals surface area contributed by atoms with E-state index in [1.807, 2.05) is 47.8 Å². The molecule has 2 aromatic heterocycles. The molecule has 0 aliphatic heterocycles. The number of guanidine groups is 1. The van der Waals surface area contributed by atoms with Gasteiger partial charge in [-0.15, -0.1) is 11.3 Å². The van der Waals surface area contributed by atoms with Crippen LogP contribution >= 0.6 is 11.3 Å². The van der Waals surface area contributed by atoms with Crippen molar-refractivity contribution in [2.75, 3.05) is 13.7 Å². The van der Waals surface area contributed by atoms with Gasteiger partial charge in [0.2, 0.25) is 0 Å². The van der Waals surface area contributed by atoms with Crippen LogP contribution in [0.2, 0.25) is 0 Å². The third kappa shape index (κ3) is 5.03. The van der Waals surface area contributed by atoms with Crippen molar-refractivity contribution in [3.63, 3.8) is 0 Å². The fourth-order valence-electron chi connectivity index (χ4n) is 2.33. The highest BCUT2D eigenvalue weighted by Gasteiger charge is 2.05. The molecular formula is C19H21N5OS. The summed E-state index contributed by atoms with van der Waals surface area (Å²) in [6.45, 7) is 1.15. The number of pyridine rings is 1. The Morgan fingerprint density at radius 1 is 1.19 bits per heavy atom. The van der Waals surface area contributed by atoms with Crippen molar-refractivity contribution in [2.24, 2.45) is 10.7 Å². The Hall–Kier alpha value is -2.93. The van der Waals surface area contributed by atoms with Crippen LogP contribution in [-0.2, 0) is 13.0 Å². The molecule has 0 aliphatic rings. The largest absolute Gasteiger partial charge is 0.497 e. The normalized spacial score (nSPS) is 11.3. The monoisotopic (exact) mass is 367 g/mol. The predicted molar refractivity (Wildman–Crippen MR) is 105 cm³/mol. The first-order valence-electron chi connectivity index (χ1n) is 8.27. The first-order chi connectivity index (χ1) is 12.7.